The second kappa shape index (κ2) is 5.39. The van der Waals surface area contributed by atoms with Crippen LogP contribution in [0.4, 0.5) is 0 Å². The molecule has 19 heavy (non-hydrogen) atoms. The average Bonchev–Trinajstić information content (AvgIpc) is 2.88. The lowest BCUT2D eigenvalue weighted by Gasteiger charge is -2.31. The maximum atomic E-state index is 5.51. The third kappa shape index (κ3) is 2.42. The highest BCUT2D eigenvalue weighted by molar-refractivity contribution is 5.49. The van der Waals surface area contributed by atoms with Crippen molar-refractivity contribution in [2.45, 2.75) is 25.8 Å². The molecule has 1 atom stereocenters. The van der Waals surface area contributed by atoms with Gasteiger partial charge in [-0.1, -0.05) is 0 Å². The number of nitrogens with one attached hydrogen (secondary N) is 2. The van der Waals surface area contributed by atoms with Crippen LogP contribution in [0.25, 0.3) is 0 Å². The Morgan fingerprint density at radius 1 is 1.21 bits per heavy atom. The van der Waals surface area contributed by atoms with Gasteiger partial charge < -0.3 is 20.1 Å². The van der Waals surface area contributed by atoms with Crippen LogP contribution in [0.1, 0.15) is 30.0 Å². The van der Waals surface area contributed by atoms with E-state index in [4.69, 9.17) is 9.47 Å². The van der Waals surface area contributed by atoms with Crippen molar-refractivity contribution in [3.63, 3.8) is 0 Å². The van der Waals surface area contributed by atoms with Crippen molar-refractivity contribution in [3.05, 3.63) is 23.3 Å². The van der Waals surface area contributed by atoms with Crippen molar-refractivity contribution >= 4 is 0 Å². The van der Waals surface area contributed by atoms with Gasteiger partial charge in [0.2, 0.25) is 6.79 Å². The summed E-state index contributed by atoms with van der Waals surface area (Å²) in [5, 5.41) is 6.92. The quantitative estimate of drug-likeness (QED) is 0.874. The Morgan fingerprint density at radius 2 is 1.89 bits per heavy atom. The molecule has 4 heteroatoms. The zero-order chi connectivity index (χ0) is 13.2. The third-order valence-corrected chi connectivity index (χ3v) is 4.26. The summed E-state index contributed by atoms with van der Waals surface area (Å²) in [7, 11) is 2.05. The molecule has 2 aliphatic rings. The first-order valence-corrected chi connectivity index (χ1v) is 7.07. The van der Waals surface area contributed by atoms with E-state index < -0.39 is 0 Å². The van der Waals surface area contributed by atoms with Gasteiger partial charge in [-0.15, -0.1) is 0 Å². The van der Waals surface area contributed by atoms with Crippen LogP contribution in [-0.4, -0.2) is 26.9 Å². The molecule has 2 N–H and O–H groups in total. The number of piperidine rings is 1. The zero-order valence-corrected chi connectivity index (χ0v) is 11.7. The van der Waals surface area contributed by atoms with Crippen LogP contribution in [0.15, 0.2) is 12.1 Å². The minimum Gasteiger partial charge on any atom is -0.454 e. The van der Waals surface area contributed by atoms with Crippen molar-refractivity contribution in [2.24, 2.45) is 5.92 Å². The van der Waals surface area contributed by atoms with Gasteiger partial charge in [-0.2, -0.15) is 0 Å². The third-order valence-electron chi connectivity index (χ3n) is 4.26. The van der Waals surface area contributed by atoms with Crippen LogP contribution in [0.3, 0.4) is 0 Å². The summed E-state index contributed by atoms with van der Waals surface area (Å²) in [6, 6.07) is 4.65. The largest absolute Gasteiger partial charge is 0.454 e. The fraction of sp³-hybridized carbons (Fsp3) is 0.600. The molecular formula is C15H22N2O2. The van der Waals surface area contributed by atoms with Gasteiger partial charge in [0.05, 0.1) is 0 Å². The standard InChI is InChI=1S/C15H22N2O2/c1-10-7-13-14(19-9-18-13)8-12(10)15(16-2)11-3-5-17-6-4-11/h7-8,11,15-17H,3-6,9H2,1-2H3. The molecule has 0 spiro atoms. The number of hydrogen-bond donors (Lipinski definition) is 2. The Hall–Kier alpha value is -1.26. The molecule has 2 heterocycles. The van der Waals surface area contributed by atoms with Gasteiger partial charge >= 0.3 is 0 Å². The molecule has 0 saturated carbocycles. The lowest BCUT2D eigenvalue weighted by molar-refractivity contribution is 0.174. The second-order valence-corrected chi connectivity index (χ2v) is 5.42. The Bertz CT molecular complexity index is 456. The van der Waals surface area contributed by atoms with E-state index in [9.17, 15) is 0 Å². The number of benzene rings is 1. The number of ether oxygens (including phenoxy) is 2. The van der Waals surface area contributed by atoms with Crippen LogP contribution in [0.5, 0.6) is 11.5 Å². The maximum absolute atomic E-state index is 5.51. The molecule has 2 aliphatic heterocycles. The lowest BCUT2D eigenvalue weighted by Crippen LogP contribution is -2.35. The number of hydrogen-bond acceptors (Lipinski definition) is 4. The van der Waals surface area contributed by atoms with Crippen molar-refractivity contribution in [1.29, 1.82) is 0 Å². The van der Waals surface area contributed by atoms with Crippen molar-refractivity contribution in [1.82, 2.24) is 10.6 Å². The summed E-state index contributed by atoms with van der Waals surface area (Å²) < 4.78 is 11.0. The van der Waals surface area contributed by atoms with Crippen molar-refractivity contribution in [3.8, 4) is 11.5 Å². The fourth-order valence-corrected chi connectivity index (χ4v) is 3.22. The van der Waals surface area contributed by atoms with E-state index in [1.807, 2.05) is 0 Å². The topological polar surface area (TPSA) is 42.5 Å². The molecule has 0 aromatic heterocycles. The number of aryl methyl sites for hydroxylation is 1. The van der Waals surface area contributed by atoms with E-state index in [1.165, 1.54) is 24.0 Å². The highest BCUT2D eigenvalue weighted by Gasteiger charge is 2.27. The normalized spacial score (nSPS) is 20.5. The van der Waals surface area contributed by atoms with Crippen molar-refractivity contribution < 1.29 is 9.47 Å². The van der Waals surface area contributed by atoms with Gasteiger partial charge in [-0.05, 0) is 69.1 Å². The highest BCUT2D eigenvalue weighted by atomic mass is 16.7. The van der Waals surface area contributed by atoms with Crippen LogP contribution >= 0.6 is 0 Å². The molecule has 1 aromatic carbocycles. The zero-order valence-electron chi connectivity index (χ0n) is 11.7. The Balaban J connectivity index is 1.90. The van der Waals surface area contributed by atoms with Crippen LogP contribution < -0.4 is 20.1 Å². The minimum absolute atomic E-state index is 0.343. The smallest absolute Gasteiger partial charge is 0.231 e. The summed E-state index contributed by atoms with van der Waals surface area (Å²) in [4.78, 5) is 0. The number of fused-ring (bicyclic) bond motifs is 1. The summed E-state index contributed by atoms with van der Waals surface area (Å²) in [6.07, 6.45) is 2.44. The molecule has 0 bridgehead atoms. The second-order valence-electron chi connectivity index (χ2n) is 5.42. The molecule has 1 unspecified atom stereocenters. The molecule has 3 rings (SSSR count). The first kappa shape index (κ1) is 12.8. The number of rotatable bonds is 3. The summed E-state index contributed by atoms with van der Waals surface area (Å²) in [5.41, 5.74) is 2.63. The van der Waals surface area contributed by atoms with Crippen LogP contribution in [0, 0.1) is 12.8 Å². The Labute approximate surface area is 114 Å². The highest BCUT2D eigenvalue weighted by Crippen LogP contribution is 2.39. The van der Waals surface area contributed by atoms with Crippen LogP contribution in [-0.2, 0) is 0 Å². The minimum atomic E-state index is 0.343. The fourth-order valence-electron chi connectivity index (χ4n) is 3.22. The van der Waals surface area contributed by atoms with Gasteiger partial charge in [-0.25, -0.2) is 0 Å². The van der Waals surface area contributed by atoms with Crippen LogP contribution in [0.2, 0.25) is 0 Å². The van der Waals surface area contributed by atoms with Gasteiger partial charge in [0, 0.05) is 6.04 Å². The van der Waals surface area contributed by atoms with Gasteiger partial charge in [0.1, 0.15) is 0 Å². The van der Waals surface area contributed by atoms with E-state index in [1.54, 1.807) is 0 Å². The molecular weight excluding hydrogens is 240 g/mol. The van der Waals surface area contributed by atoms with E-state index in [0.29, 0.717) is 18.8 Å². The molecule has 1 fully saturated rings. The molecule has 1 saturated heterocycles. The molecule has 0 amide bonds. The molecule has 1 aromatic rings. The molecule has 104 valence electrons. The van der Waals surface area contributed by atoms with Gasteiger partial charge in [-0.3, -0.25) is 0 Å². The summed E-state index contributed by atoms with van der Waals surface area (Å²) >= 11 is 0. The first-order valence-electron chi connectivity index (χ1n) is 7.07. The lowest BCUT2D eigenvalue weighted by atomic mass is 9.84. The maximum Gasteiger partial charge on any atom is 0.231 e. The summed E-state index contributed by atoms with van der Waals surface area (Å²) in [5.74, 6) is 2.45. The predicted molar refractivity (Wildman–Crippen MR) is 74.7 cm³/mol. The van der Waals surface area contributed by atoms with E-state index in [0.717, 1.165) is 24.6 Å². The molecule has 0 radical (unpaired) electrons. The van der Waals surface area contributed by atoms with E-state index in [2.05, 4.69) is 36.7 Å². The predicted octanol–water partition coefficient (Wildman–Crippen LogP) is 1.98. The Kier molecular flexibility index (Phi) is 3.62. The molecule has 4 nitrogen and oxygen atoms in total. The first-order chi connectivity index (χ1) is 9.29. The SMILES string of the molecule is CNC(c1cc2c(cc1C)OCO2)C1CCNCC1. The van der Waals surface area contributed by atoms with E-state index in [-0.39, 0.29) is 0 Å². The van der Waals surface area contributed by atoms with E-state index >= 15 is 0 Å². The average molecular weight is 262 g/mol. The van der Waals surface area contributed by atoms with Gasteiger partial charge in [0.15, 0.2) is 11.5 Å². The van der Waals surface area contributed by atoms with Crippen molar-refractivity contribution in [2.75, 3.05) is 26.9 Å². The molecule has 0 aliphatic carbocycles. The summed E-state index contributed by atoms with van der Waals surface area (Å²) in [6.45, 7) is 4.73. The Morgan fingerprint density at radius 3 is 2.58 bits per heavy atom. The van der Waals surface area contributed by atoms with Gasteiger partial charge in [0.25, 0.3) is 0 Å². The monoisotopic (exact) mass is 262 g/mol.